The van der Waals surface area contributed by atoms with E-state index in [1.54, 1.807) is 12.1 Å². The molecule has 0 saturated heterocycles. The van der Waals surface area contributed by atoms with Gasteiger partial charge in [0.2, 0.25) is 5.91 Å². The zero-order valence-electron chi connectivity index (χ0n) is 10.5. The van der Waals surface area contributed by atoms with Gasteiger partial charge in [-0.2, -0.15) is 0 Å². The molecule has 0 fully saturated rings. The first-order valence-electron chi connectivity index (χ1n) is 5.57. The van der Waals surface area contributed by atoms with Gasteiger partial charge in [-0.1, -0.05) is 11.3 Å². The molecule has 2 rings (SSSR count). The number of thiazole rings is 1. The fraction of sp³-hybridized carbons (Fsp3) is 0.154. The standard InChI is InChI=1S/C13H12N2O3S/c1-8-3-4-10(18-8)5-6-12(17)15-13-14-7-11(19-13)9(2)16/h3-7H,1-2H3,(H,14,15,17)/b6-5+. The molecule has 0 saturated carbocycles. The summed E-state index contributed by atoms with van der Waals surface area (Å²) in [5.41, 5.74) is 0. The van der Waals surface area contributed by atoms with Gasteiger partial charge < -0.3 is 4.42 Å². The summed E-state index contributed by atoms with van der Waals surface area (Å²) in [6, 6.07) is 3.59. The van der Waals surface area contributed by atoms with Crippen LogP contribution in [0.25, 0.3) is 6.08 Å². The molecule has 0 bridgehead atoms. The topological polar surface area (TPSA) is 72.2 Å². The molecule has 5 nitrogen and oxygen atoms in total. The monoisotopic (exact) mass is 276 g/mol. The molecule has 1 amide bonds. The third kappa shape index (κ3) is 3.62. The van der Waals surface area contributed by atoms with Crippen molar-refractivity contribution in [2.24, 2.45) is 0 Å². The number of aromatic nitrogens is 1. The Labute approximate surface area is 114 Å². The second-order valence-electron chi connectivity index (χ2n) is 3.86. The summed E-state index contributed by atoms with van der Waals surface area (Å²) in [4.78, 5) is 27.2. The van der Waals surface area contributed by atoms with Crippen molar-refractivity contribution in [2.45, 2.75) is 13.8 Å². The number of nitrogens with one attached hydrogen (secondary N) is 1. The summed E-state index contributed by atoms with van der Waals surface area (Å²) in [5, 5.41) is 2.98. The van der Waals surface area contributed by atoms with Crippen LogP contribution in [0.4, 0.5) is 5.13 Å². The van der Waals surface area contributed by atoms with E-state index in [-0.39, 0.29) is 11.7 Å². The molecular weight excluding hydrogens is 264 g/mol. The van der Waals surface area contributed by atoms with Crippen molar-refractivity contribution in [3.8, 4) is 0 Å². The summed E-state index contributed by atoms with van der Waals surface area (Å²) in [5.74, 6) is 1.00. The molecule has 0 aliphatic rings. The Morgan fingerprint density at radius 2 is 2.21 bits per heavy atom. The van der Waals surface area contributed by atoms with Crippen molar-refractivity contribution in [3.05, 3.63) is 40.8 Å². The SMILES string of the molecule is CC(=O)c1cnc(NC(=O)/C=C/c2ccc(C)o2)s1. The Bertz CT molecular complexity index is 640. The Morgan fingerprint density at radius 3 is 2.79 bits per heavy atom. The number of Topliss-reactive ketones (excluding diaryl/α,β-unsaturated/α-hetero) is 1. The molecule has 0 atom stereocenters. The van der Waals surface area contributed by atoms with Crippen LogP contribution in [0.5, 0.6) is 0 Å². The van der Waals surface area contributed by atoms with Gasteiger partial charge in [0.15, 0.2) is 10.9 Å². The molecular formula is C13H12N2O3S. The van der Waals surface area contributed by atoms with E-state index >= 15 is 0 Å². The third-order valence-electron chi connectivity index (χ3n) is 2.24. The first-order chi connectivity index (χ1) is 9.04. The summed E-state index contributed by atoms with van der Waals surface area (Å²) in [6.45, 7) is 3.29. The van der Waals surface area contributed by atoms with E-state index in [0.717, 1.165) is 17.1 Å². The van der Waals surface area contributed by atoms with Crippen molar-refractivity contribution in [2.75, 3.05) is 5.32 Å². The number of aryl methyl sites for hydroxylation is 1. The lowest BCUT2D eigenvalue weighted by molar-refractivity contribution is -0.111. The van der Waals surface area contributed by atoms with E-state index in [9.17, 15) is 9.59 Å². The van der Waals surface area contributed by atoms with E-state index < -0.39 is 0 Å². The largest absolute Gasteiger partial charge is 0.462 e. The molecule has 1 N–H and O–H groups in total. The van der Waals surface area contributed by atoms with Crippen LogP contribution in [0, 0.1) is 6.92 Å². The molecule has 2 aromatic rings. The van der Waals surface area contributed by atoms with Gasteiger partial charge in [-0.25, -0.2) is 4.98 Å². The van der Waals surface area contributed by atoms with E-state index in [1.165, 1.54) is 19.2 Å². The van der Waals surface area contributed by atoms with E-state index in [2.05, 4.69) is 10.3 Å². The van der Waals surface area contributed by atoms with Gasteiger partial charge in [-0.3, -0.25) is 14.9 Å². The van der Waals surface area contributed by atoms with Crippen molar-refractivity contribution in [1.29, 1.82) is 0 Å². The number of hydrogen-bond acceptors (Lipinski definition) is 5. The van der Waals surface area contributed by atoms with Crippen LogP contribution in [0.15, 0.2) is 28.8 Å². The highest BCUT2D eigenvalue weighted by atomic mass is 32.1. The summed E-state index contributed by atoms with van der Waals surface area (Å²) < 4.78 is 5.30. The van der Waals surface area contributed by atoms with Crippen LogP contribution in [0.2, 0.25) is 0 Å². The Balaban J connectivity index is 1.97. The van der Waals surface area contributed by atoms with Gasteiger partial charge in [0.25, 0.3) is 0 Å². The lowest BCUT2D eigenvalue weighted by atomic mass is 10.4. The molecule has 0 radical (unpaired) electrons. The maximum atomic E-state index is 11.6. The molecule has 0 aliphatic carbocycles. The Morgan fingerprint density at radius 1 is 1.42 bits per heavy atom. The molecule has 19 heavy (non-hydrogen) atoms. The molecule has 2 heterocycles. The van der Waals surface area contributed by atoms with Gasteiger partial charge in [-0.05, 0) is 25.1 Å². The zero-order chi connectivity index (χ0) is 13.8. The van der Waals surface area contributed by atoms with Gasteiger partial charge >= 0.3 is 0 Å². The number of anilines is 1. The van der Waals surface area contributed by atoms with Crippen molar-refractivity contribution in [1.82, 2.24) is 4.98 Å². The van der Waals surface area contributed by atoms with E-state index in [1.807, 2.05) is 13.0 Å². The molecule has 0 unspecified atom stereocenters. The van der Waals surface area contributed by atoms with Crippen LogP contribution < -0.4 is 5.32 Å². The second kappa shape index (κ2) is 5.62. The normalized spacial score (nSPS) is 10.8. The van der Waals surface area contributed by atoms with Crippen LogP contribution in [0.3, 0.4) is 0 Å². The smallest absolute Gasteiger partial charge is 0.250 e. The number of carbonyl (C=O) groups is 2. The molecule has 98 valence electrons. The lowest BCUT2D eigenvalue weighted by Crippen LogP contribution is -2.06. The molecule has 0 aromatic carbocycles. The maximum Gasteiger partial charge on any atom is 0.250 e. The number of amides is 1. The van der Waals surface area contributed by atoms with Crippen molar-refractivity contribution in [3.63, 3.8) is 0 Å². The van der Waals surface area contributed by atoms with Gasteiger partial charge in [0.1, 0.15) is 11.5 Å². The minimum Gasteiger partial charge on any atom is -0.462 e. The highest BCUT2D eigenvalue weighted by molar-refractivity contribution is 7.17. The maximum absolute atomic E-state index is 11.6. The van der Waals surface area contributed by atoms with Crippen molar-refractivity contribution >= 4 is 34.2 Å². The number of furan rings is 1. The van der Waals surface area contributed by atoms with Gasteiger partial charge in [0.05, 0.1) is 11.1 Å². The minimum atomic E-state index is -0.321. The predicted molar refractivity (Wildman–Crippen MR) is 73.2 cm³/mol. The van der Waals surface area contributed by atoms with E-state index in [4.69, 9.17) is 4.42 Å². The minimum absolute atomic E-state index is 0.0698. The highest BCUT2D eigenvalue weighted by Crippen LogP contribution is 2.18. The number of carbonyl (C=O) groups excluding carboxylic acids is 2. The van der Waals surface area contributed by atoms with Crippen LogP contribution in [0.1, 0.15) is 28.1 Å². The summed E-state index contributed by atoms with van der Waals surface area (Å²) >= 11 is 1.15. The fourth-order valence-corrected chi connectivity index (χ4v) is 2.06. The van der Waals surface area contributed by atoms with Crippen LogP contribution in [-0.4, -0.2) is 16.7 Å². The second-order valence-corrected chi connectivity index (χ2v) is 4.89. The Kier molecular flexibility index (Phi) is 3.91. The molecule has 2 aromatic heterocycles. The molecule has 6 heteroatoms. The summed E-state index contributed by atoms with van der Waals surface area (Å²) in [7, 11) is 0. The van der Waals surface area contributed by atoms with E-state index in [0.29, 0.717) is 15.8 Å². The first kappa shape index (κ1) is 13.2. The predicted octanol–water partition coefficient (Wildman–Crippen LogP) is 2.90. The Hall–Kier alpha value is -2.21. The van der Waals surface area contributed by atoms with Crippen LogP contribution in [-0.2, 0) is 4.79 Å². The zero-order valence-corrected chi connectivity index (χ0v) is 11.3. The first-order valence-corrected chi connectivity index (χ1v) is 6.38. The van der Waals surface area contributed by atoms with Gasteiger partial charge in [0, 0.05) is 13.0 Å². The lowest BCUT2D eigenvalue weighted by Gasteiger charge is -1.94. The van der Waals surface area contributed by atoms with Crippen molar-refractivity contribution < 1.29 is 14.0 Å². The fourth-order valence-electron chi connectivity index (χ4n) is 1.34. The number of ketones is 1. The number of hydrogen-bond donors (Lipinski definition) is 1. The quantitative estimate of drug-likeness (QED) is 0.688. The number of nitrogens with zero attached hydrogens (tertiary/aromatic N) is 1. The van der Waals surface area contributed by atoms with Gasteiger partial charge in [-0.15, -0.1) is 0 Å². The summed E-state index contributed by atoms with van der Waals surface area (Å²) in [6.07, 6.45) is 4.37. The van der Waals surface area contributed by atoms with Crippen LogP contribution >= 0.6 is 11.3 Å². The highest BCUT2D eigenvalue weighted by Gasteiger charge is 2.07. The number of rotatable bonds is 4. The average molecular weight is 276 g/mol. The molecule has 0 spiro atoms. The third-order valence-corrected chi connectivity index (χ3v) is 3.26. The average Bonchev–Trinajstić information content (AvgIpc) is 2.96. The molecule has 0 aliphatic heterocycles.